The van der Waals surface area contributed by atoms with Crippen molar-refractivity contribution in [1.29, 1.82) is 0 Å². The van der Waals surface area contributed by atoms with Gasteiger partial charge in [0.05, 0.1) is 29.5 Å². The number of hydrogen-bond donors (Lipinski definition) is 2. The van der Waals surface area contributed by atoms with E-state index in [9.17, 15) is 23.9 Å². The molecule has 2 N–H and O–H groups in total. The second-order valence-electron chi connectivity index (χ2n) is 11.1. The molecule has 2 heterocycles. The fourth-order valence-electron chi connectivity index (χ4n) is 4.96. The van der Waals surface area contributed by atoms with Crippen molar-refractivity contribution in [3.8, 4) is 0 Å². The molecule has 9 nitrogen and oxygen atoms in total. The molecule has 11 heteroatoms. The predicted molar refractivity (Wildman–Crippen MR) is 150 cm³/mol. The first-order chi connectivity index (χ1) is 18.8. The highest BCUT2D eigenvalue weighted by Gasteiger charge is 2.41. The highest BCUT2D eigenvalue weighted by molar-refractivity contribution is 6.32. The molecule has 40 heavy (non-hydrogen) atoms. The van der Waals surface area contributed by atoms with Crippen LogP contribution < -0.4 is 10.2 Å². The Morgan fingerprint density at radius 1 is 1.20 bits per heavy atom. The number of nitrogens with zero attached hydrogens (tertiary/aromatic N) is 3. The first kappa shape index (κ1) is 29.5. The van der Waals surface area contributed by atoms with Crippen molar-refractivity contribution >= 4 is 40.9 Å². The standard InChI is InChI=1S/C29H34ClFN4O5/c1-16(24(36)22-11-8-14-35(22)28(39)40-29(2,3)4)26(37)33-25-27(38)34(5)21-13-12-17(30)15-19(21)23(32-25)18-9-6-7-10-20(18)31/h6-7,9-10,12-13,15-16,22,24-25,36H,8,11,14H2,1-5H3,(H,33,37)/t16-,22?,24-,25?/m1/s1. The van der Waals surface area contributed by atoms with E-state index in [0.717, 1.165) is 0 Å². The Morgan fingerprint density at radius 3 is 2.58 bits per heavy atom. The number of aliphatic hydroxyl groups excluding tert-OH is 1. The number of carbonyl (C=O) groups is 3. The molecule has 4 atom stereocenters. The second kappa shape index (κ2) is 11.5. The zero-order valence-corrected chi connectivity index (χ0v) is 23.9. The average molecular weight is 573 g/mol. The quantitative estimate of drug-likeness (QED) is 0.559. The zero-order valence-electron chi connectivity index (χ0n) is 23.1. The van der Waals surface area contributed by atoms with Crippen molar-refractivity contribution in [2.24, 2.45) is 10.9 Å². The van der Waals surface area contributed by atoms with Crippen LogP contribution in [0.25, 0.3) is 0 Å². The van der Waals surface area contributed by atoms with E-state index in [1.165, 1.54) is 42.0 Å². The van der Waals surface area contributed by atoms with Crippen LogP contribution in [0.15, 0.2) is 47.5 Å². The molecule has 0 aliphatic carbocycles. The van der Waals surface area contributed by atoms with Gasteiger partial charge >= 0.3 is 6.09 Å². The van der Waals surface area contributed by atoms with Crippen LogP contribution in [0.5, 0.6) is 0 Å². The van der Waals surface area contributed by atoms with E-state index in [1.807, 2.05) is 0 Å². The maximum atomic E-state index is 14.9. The number of aliphatic imine (C=N–C) groups is 1. The molecule has 0 saturated carbocycles. The molecule has 2 aliphatic heterocycles. The van der Waals surface area contributed by atoms with Gasteiger partial charge in [0.1, 0.15) is 11.4 Å². The van der Waals surface area contributed by atoms with Crippen LogP contribution in [0.4, 0.5) is 14.9 Å². The van der Waals surface area contributed by atoms with E-state index in [2.05, 4.69) is 10.3 Å². The maximum absolute atomic E-state index is 14.9. The van der Waals surface area contributed by atoms with Crippen LogP contribution in [0.3, 0.4) is 0 Å². The third-order valence-electron chi connectivity index (χ3n) is 7.05. The first-order valence-electron chi connectivity index (χ1n) is 13.2. The normalized spacial score (nSPS) is 20.8. The minimum atomic E-state index is -1.40. The molecule has 0 bridgehead atoms. The van der Waals surface area contributed by atoms with Crippen LogP contribution in [0.1, 0.15) is 51.7 Å². The zero-order chi connectivity index (χ0) is 29.4. The van der Waals surface area contributed by atoms with E-state index in [1.54, 1.807) is 45.0 Å². The number of carbonyl (C=O) groups excluding carboxylic acids is 3. The number of fused-ring (bicyclic) bond motifs is 1. The van der Waals surface area contributed by atoms with Gasteiger partial charge in [0.15, 0.2) is 0 Å². The monoisotopic (exact) mass is 572 g/mol. The summed E-state index contributed by atoms with van der Waals surface area (Å²) in [6.45, 7) is 7.18. The predicted octanol–water partition coefficient (Wildman–Crippen LogP) is 4.13. The lowest BCUT2D eigenvalue weighted by atomic mass is 9.95. The summed E-state index contributed by atoms with van der Waals surface area (Å²) in [4.78, 5) is 46.8. The molecule has 0 spiro atoms. The molecule has 1 saturated heterocycles. The molecular formula is C29H34ClFN4O5. The Kier molecular flexibility index (Phi) is 8.51. The van der Waals surface area contributed by atoms with Gasteiger partial charge in [-0.05, 0) is 63.9 Å². The fourth-order valence-corrected chi connectivity index (χ4v) is 5.13. The number of anilines is 1. The number of benzene rings is 2. The topological polar surface area (TPSA) is 112 Å². The minimum absolute atomic E-state index is 0.139. The van der Waals surface area contributed by atoms with Crippen molar-refractivity contribution in [3.05, 3.63) is 64.4 Å². The van der Waals surface area contributed by atoms with Crippen molar-refractivity contribution in [2.75, 3.05) is 18.5 Å². The van der Waals surface area contributed by atoms with Crippen LogP contribution in [0, 0.1) is 11.7 Å². The summed E-state index contributed by atoms with van der Waals surface area (Å²) in [5.41, 5.74) is 0.455. The van der Waals surface area contributed by atoms with Gasteiger partial charge in [-0.3, -0.25) is 9.59 Å². The van der Waals surface area contributed by atoms with Gasteiger partial charge in [-0.1, -0.05) is 30.7 Å². The molecule has 1 fully saturated rings. The number of likely N-dealkylation sites (N-methyl/N-ethyl adjacent to an activating group) is 1. The number of halogens is 2. The minimum Gasteiger partial charge on any atom is -0.444 e. The second-order valence-corrected chi connectivity index (χ2v) is 11.5. The van der Waals surface area contributed by atoms with Crippen LogP contribution >= 0.6 is 11.6 Å². The Bertz CT molecular complexity index is 1340. The summed E-state index contributed by atoms with van der Waals surface area (Å²) in [5, 5.41) is 14.1. The Balaban J connectivity index is 1.61. The number of ether oxygens (including phenoxy) is 1. The average Bonchev–Trinajstić information content (AvgIpc) is 3.36. The van der Waals surface area contributed by atoms with Gasteiger partial charge in [0, 0.05) is 29.7 Å². The van der Waals surface area contributed by atoms with Crippen LogP contribution in [0.2, 0.25) is 5.02 Å². The molecule has 2 aliphatic rings. The molecule has 3 amide bonds. The number of nitrogens with one attached hydrogen (secondary N) is 1. The van der Waals surface area contributed by atoms with E-state index in [0.29, 0.717) is 35.7 Å². The summed E-state index contributed by atoms with van der Waals surface area (Å²) < 4.78 is 20.4. The number of rotatable bonds is 5. The van der Waals surface area contributed by atoms with Crippen LogP contribution in [-0.4, -0.2) is 71.1 Å². The SMILES string of the molecule is C[C@@H](C(=O)NC1N=C(c2ccccc2F)c2cc(Cl)ccc2N(C)C1=O)[C@@H](O)C1CCCN1C(=O)OC(C)(C)C. The van der Waals surface area contributed by atoms with E-state index >= 15 is 0 Å². The molecule has 2 aromatic carbocycles. The van der Waals surface area contributed by atoms with Crippen molar-refractivity contribution < 1.29 is 28.6 Å². The summed E-state index contributed by atoms with van der Waals surface area (Å²) in [7, 11) is 1.53. The largest absolute Gasteiger partial charge is 0.444 e. The lowest BCUT2D eigenvalue weighted by Gasteiger charge is -2.33. The molecule has 2 aromatic rings. The third kappa shape index (κ3) is 6.13. The molecule has 2 unspecified atom stereocenters. The lowest BCUT2D eigenvalue weighted by molar-refractivity contribution is -0.133. The highest BCUT2D eigenvalue weighted by Crippen LogP contribution is 2.31. The van der Waals surface area contributed by atoms with Crippen molar-refractivity contribution in [3.63, 3.8) is 0 Å². The molecular weight excluding hydrogens is 539 g/mol. The van der Waals surface area contributed by atoms with Gasteiger partial charge < -0.3 is 25.0 Å². The Morgan fingerprint density at radius 2 is 1.90 bits per heavy atom. The number of hydrogen-bond acceptors (Lipinski definition) is 6. The van der Waals surface area contributed by atoms with Crippen molar-refractivity contribution in [2.45, 2.75) is 64.4 Å². The van der Waals surface area contributed by atoms with E-state index < -0.39 is 53.6 Å². The van der Waals surface area contributed by atoms with Gasteiger partial charge in [0.2, 0.25) is 12.1 Å². The molecule has 0 aromatic heterocycles. The lowest BCUT2D eigenvalue weighted by Crippen LogP contribution is -2.53. The summed E-state index contributed by atoms with van der Waals surface area (Å²) >= 11 is 6.25. The van der Waals surface area contributed by atoms with Gasteiger partial charge in [0.25, 0.3) is 5.91 Å². The Labute approximate surface area is 238 Å². The Hall–Kier alpha value is -3.50. The number of aliphatic hydroxyl groups is 1. The summed E-state index contributed by atoms with van der Waals surface area (Å²) in [6, 6.07) is 10.2. The highest BCUT2D eigenvalue weighted by atomic mass is 35.5. The fraction of sp³-hybridized carbons (Fsp3) is 0.448. The summed E-state index contributed by atoms with van der Waals surface area (Å²) in [6.07, 6.45) is -2.04. The van der Waals surface area contributed by atoms with Crippen LogP contribution in [-0.2, 0) is 14.3 Å². The summed E-state index contributed by atoms with van der Waals surface area (Å²) in [5.74, 6) is -2.75. The van der Waals surface area contributed by atoms with Crippen molar-refractivity contribution in [1.82, 2.24) is 10.2 Å². The number of likely N-dealkylation sites (tertiary alicyclic amines) is 1. The maximum Gasteiger partial charge on any atom is 0.410 e. The van der Waals surface area contributed by atoms with Gasteiger partial charge in [-0.15, -0.1) is 0 Å². The molecule has 0 radical (unpaired) electrons. The van der Waals surface area contributed by atoms with E-state index in [4.69, 9.17) is 16.3 Å². The molecule has 4 rings (SSSR count). The van der Waals surface area contributed by atoms with Gasteiger partial charge in [-0.25, -0.2) is 14.2 Å². The smallest absolute Gasteiger partial charge is 0.410 e. The first-order valence-corrected chi connectivity index (χ1v) is 13.5. The molecule has 214 valence electrons. The van der Waals surface area contributed by atoms with E-state index in [-0.39, 0.29) is 11.3 Å². The number of amides is 3. The number of benzodiazepines with no additional fused rings is 1. The third-order valence-corrected chi connectivity index (χ3v) is 7.29. The van der Waals surface area contributed by atoms with Gasteiger partial charge in [-0.2, -0.15) is 0 Å².